The second-order valence-electron chi connectivity index (χ2n) is 9.01. The number of primary sulfonamides is 1. The lowest BCUT2D eigenvalue weighted by molar-refractivity contribution is -0.192. The summed E-state index contributed by atoms with van der Waals surface area (Å²) < 4.78 is 62.9. The Labute approximate surface area is 244 Å². The number of aromatic nitrogens is 1. The molecule has 0 bridgehead atoms. The van der Waals surface area contributed by atoms with Crippen molar-refractivity contribution in [3.8, 4) is 22.3 Å². The molecule has 0 saturated carbocycles. The van der Waals surface area contributed by atoms with E-state index in [0.717, 1.165) is 11.1 Å². The first-order valence-corrected chi connectivity index (χ1v) is 14.0. The maximum atomic E-state index is 12.7. The molecular formula is C29H27F3N4O6S. The summed E-state index contributed by atoms with van der Waals surface area (Å²) >= 11 is 0. The van der Waals surface area contributed by atoms with Gasteiger partial charge in [-0.15, -0.1) is 0 Å². The van der Waals surface area contributed by atoms with Gasteiger partial charge in [-0.05, 0) is 35.7 Å². The molecule has 4 aromatic rings. The van der Waals surface area contributed by atoms with Crippen molar-refractivity contribution in [2.45, 2.75) is 24.5 Å². The summed E-state index contributed by atoms with van der Waals surface area (Å²) in [6.45, 7) is 2.46. The topological polar surface area (TPSA) is 179 Å². The first-order chi connectivity index (χ1) is 20.1. The molecule has 0 spiro atoms. The Kier molecular flexibility index (Phi) is 10.1. The van der Waals surface area contributed by atoms with E-state index in [4.69, 9.17) is 30.9 Å². The fourth-order valence-electron chi connectivity index (χ4n) is 4.03. The molecule has 43 heavy (non-hydrogen) atoms. The summed E-state index contributed by atoms with van der Waals surface area (Å²) in [4.78, 5) is 21.7. The van der Waals surface area contributed by atoms with Crippen molar-refractivity contribution in [1.82, 2.24) is 4.57 Å². The predicted octanol–water partition coefficient (Wildman–Crippen LogP) is 4.61. The van der Waals surface area contributed by atoms with E-state index in [1.54, 1.807) is 49.5 Å². The Morgan fingerprint density at radius 2 is 1.53 bits per heavy atom. The molecule has 0 aliphatic heterocycles. The number of hydrogen-bond donors (Lipinski definition) is 4. The van der Waals surface area contributed by atoms with Crippen LogP contribution in [0.4, 0.5) is 13.2 Å². The number of benzene rings is 3. The largest absolute Gasteiger partial charge is 0.490 e. The number of nitrogens with two attached hydrogens (primary N) is 2. The van der Waals surface area contributed by atoms with Crippen molar-refractivity contribution in [1.29, 1.82) is 5.41 Å². The Morgan fingerprint density at radius 3 is 2.07 bits per heavy atom. The molecule has 14 heteroatoms. The van der Waals surface area contributed by atoms with Gasteiger partial charge in [0.1, 0.15) is 5.84 Å². The van der Waals surface area contributed by atoms with Crippen LogP contribution in [0.5, 0.6) is 0 Å². The van der Waals surface area contributed by atoms with Gasteiger partial charge in [-0.25, -0.2) is 23.1 Å². The third-order valence-corrected chi connectivity index (χ3v) is 6.89. The van der Waals surface area contributed by atoms with Gasteiger partial charge in [0, 0.05) is 35.6 Å². The minimum Gasteiger partial charge on any atom is -0.475 e. The molecule has 0 aliphatic rings. The smallest absolute Gasteiger partial charge is 0.475 e. The van der Waals surface area contributed by atoms with Crippen LogP contribution >= 0.6 is 0 Å². The number of esters is 1. The SMILES string of the molecule is CCOC(=O)c1cn(Cc2cccc(C(=N)N)c2)cc1-c1ccc(-c2ccccc2S(N)(=O)=O)cc1.O=C(O)C(F)(F)F. The fourth-order valence-corrected chi connectivity index (χ4v) is 4.79. The zero-order chi connectivity index (χ0) is 31.9. The number of ether oxygens (including phenoxy) is 1. The second-order valence-corrected chi connectivity index (χ2v) is 10.5. The van der Waals surface area contributed by atoms with Gasteiger partial charge in [0.2, 0.25) is 10.0 Å². The van der Waals surface area contributed by atoms with Crippen LogP contribution in [0.25, 0.3) is 22.3 Å². The molecule has 10 nitrogen and oxygen atoms in total. The number of alkyl halides is 3. The minimum atomic E-state index is -5.08. The van der Waals surface area contributed by atoms with Crippen LogP contribution in [0.15, 0.2) is 90.1 Å². The molecule has 226 valence electrons. The quantitative estimate of drug-likeness (QED) is 0.127. The number of nitrogens with one attached hydrogen (secondary N) is 1. The molecule has 0 saturated heterocycles. The number of nitrogens with zero attached hydrogens (tertiary/aromatic N) is 1. The van der Waals surface area contributed by atoms with Crippen LogP contribution in [-0.4, -0.2) is 48.6 Å². The van der Waals surface area contributed by atoms with Crippen molar-refractivity contribution >= 4 is 27.8 Å². The van der Waals surface area contributed by atoms with Crippen molar-refractivity contribution in [2.24, 2.45) is 10.9 Å². The zero-order valence-electron chi connectivity index (χ0n) is 22.6. The molecule has 1 aromatic heterocycles. The average molecular weight is 617 g/mol. The number of rotatable bonds is 8. The number of aliphatic carboxylic acids is 1. The molecular weight excluding hydrogens is 589 g/mol. The van der Waals surface area contributed by atoms with Crippen molar-refractivity contribution in [3.05, 3.63) is 102 Å². The maximum Gasteiger partial charge on any atom is 0.490 e. The van der Waals surface area contributed by atoms with Gasteiger partial charge < -0.3 is 20.1 Å². The van der Waals surface area contributed by atoms with Gasteiger partial charge in [-0.2, -0.15) is 13.2 Å². The predicted molar refractivity (Wildman–Crippen MR) is 153 cm³/mol. The lowest BCUT2D eigenvalue weighted by Gasteiger charge is -2.09. The number of carbonyl (C=O) groups is 2. The Balaban J connectivity index is 0.000000646. The average Bonchev–Trinajstić information content (AvgIpc) is 3.36. The summed E-state index contributed by atoms with van der Waals surface area (Å²) in [5.74, 6) is -3.21. The summed E-state index contributed by atoms with van der Waals surface area (Å²) in [5.41, 5.74) is 10.2. The van der Waals surface area contributed by atoms with Crippen molar-refractivity contribution in [2.75, 3.05) is 6.61 Å². The second kappa shape index (κ2) is 13.4. The molecule has 0 amide bonds. The lowest BCUT2D eigenvalue weighted by Crippen LogP contribution is -2.21. The summed E-state index contributed by atoms with van der Waals surface area (Å²) in [7, 11) is -3.89. The number of nitrogen functional groups attached to an aromatic ring is 1. The van der Waals surface area contributed by atoms with E-state index < -0.39 is 28.1 Å². The third kappa shape index (κ3) is 8.53. The summed E-state index contributed by atoms with van der Waals surface area (Å²) in [5, 5.41) is 20.2. The van der Waals surface area contributed by atoms with Gasteiger partial charge in [0.05, 0.1) is 17.1 Å². The molecule has 0 unspecified atom stereocenters. The lowest BCUT2D eigenvalue weighted by atomic mass is 10.00. The highest BCUT2D eigenvalue weighted by atomic mass is 32.2. The van der Waals surface area contributed by atoms with Crippen molar-refractivity contribution in [3.63, 3.8) is 0 Å². The molecule has 3 aromatic carbocycles. The number of carbonyl (C=O) groups excluding carboxylic acids is 1. The summed E-state index contributed by atoms with van der Waals surface area (Å²) in [6, 6.07) is 21.1. The van der Waals surface area contributed by atoms with Crippen LogP contribution in [0.2, 0.25) is 0 Å². The normalized spacial score (nSPS) is 11.3. The van der Waals surface area contributed by atoms with E-state index in [1.807, 2.05) is 41.1 Å². The Bertz CT molecular complexity index is 1750. The molecule has 0 fully saturated rings. The van der Waals surface area contributed by atoms with Gasteiger partial charge in [-0.1, -0.05) is 60.7 Å². The number of sulfonamides is 1. The highest BCUT2D eigenvalue weighted by Crippen LogP contribution is 2.31. The highest BCUT2D eigenvalue weighted by molar-refractivity contribution is 7.89. The van der Waals surface area contributed by atoms with Crippen LogP contribution in [0.3, 0.4) is 0 Å². The maximum absolute atomic E-state index is 12.7. The standard InChI is InChI=1S/C27H26N4O4S.C2HF3O2/c1-2-35-27(32)24-17-31(15-18-6-5-7-21(14-18)26(28)29)16-23(24)20-12-10-19(11-13-20)22-8-3-4-9-25(22)36(30,33)34;3-2(4,5)1(6)7/h3-14,16-17H,2,15H2,1H3,(H3,28,29)(H2,30,33,34);(H,6,7). The molecule has 0 aliphatic carbocycles. The Hall–Kier alpha value is -4.95. The van der Waals surface area contributed by atoms with E-state index in [-0.39, 0.29) is 17.3 Å². The number of hydrogen-bond acceptors (Lipinski definition) is 6. The van der Waals surface area contributed by atoms with Crippen LogP contribution in [0.1, 0.15) is 28.4 Å². The van der Waals surface area contributed by atoms with E-state index in [2.05, 4.69) is 0 Å². The van der Waals surface area contributed by atoms with Crippen molar-refractivity contribution < 1.29 is 41.0 Å². The zero-order valence-corrected chi connectivity index (χ0v) is 23.4. The number of carboxylic acid groups (broad SMARTS) is 1. The highest BCUT2D eigenvalue weighted by Gasteiger charge is 2.38. The molecule has 0 atom stereocenters. The van der Waals surface area contributed by atoms with E-state index in [0.29, 0.717) is 34.4 Å². The van der Waals surface area contributed by atoms with Gasteiger partial charge in [0.15, 0.2) is 0 Å². The molecule has 6 N–H and O–H groups in total. The number of amidine groups is 1. The first kappa shape index (κ1) is 32.6. The molecule has 0 radical (unpaired) electrons. The third-order valence-electron chi connectivity index (χ3n) is 5.92. The van der Waals surface area contributed by atoms with Gasteiger partial charge in [-0.3, -0.25) is 5.41 Å². The number of halogens is 3. The molecule has 1 heterocycles. The van der Waals surface area contributed by atoms with Crippen LogP contribution < -0.4 is 10.9 Å². The summed E-state index contributed by atoms with van der Waals surface area (Å²) in [6.07, 6.45) is -1.49. The van der Waals surface area contributed by atoms with Crippen LogP contribution in [-0.2, 0) is 26.1 Å². The van der Waals surface area contributed by atoms with E-state index >= 15 is 0 Å². The number of carboxylic acids is 1. The molecule has 4 rings (SSSR count). The fraction of sp³-hybridized carbons (Fsp3) is 0.138. The van der Waals surface area contributed by atoms with Gasteiger partial charge in [0.25, 0.3) is 0 Å². The van der Waals surface area contributed by atoms with E-state index in [9.17, 15) is 26.4 Å². The van der Waals surface area contributed by atoms with Crippen LogP contribution in [0, 0.1) is 5.41 Å². The minimum absolute atomic E-state index is 0.0126. The Morgan fingerprint density at radius 1 is 0.953 bits per heavy atom. The first-order valence-electron chi connectivity index (χ1n) is 12.4. The van der Waals surface area contributed by atoms with Gasteiger partial charge >= 0.3 is 18.1 Å². The van der Waals surface area contributed by atoms with E-state index in [1.165, 1.54) is 6.07 Å². The monoisotopic (exact) mass is 616 g/mol.